The maximum atomic E-state index is 13.0. The number of alkyl halides is 2. The zero-order chi connectivity index (χ0) is 11.5. The lowest BCUT2D eigenvalue weighted by molar-refractivity contribution is 0.204. The van der Waals surface area contributed by atoms with E-state index in [4.69, 9.17) is 4.74 Å². The fourth-order valence-electron chi connectivity index (χ4n) is 1.96. The minimum Gasteiger partial charge on any atom is -0.490 e. The second-order valence-electron chi connectivity index (χ2n) is 4.11. The van der Waals surface area contributed by atoms with Gasteiger partial charge in [0.05, 0.1) is 0 Å². The summed E-state index contributed by atoms with van der Waals surface area (Å²) in [5, 5.41) is 1.92. The summed E-state index contributed by atoms with van der Waals surface area (Å²) < 4.78 is 18.8. The summed E-state index contributed by atoms with van der Waals surface area (Å²) in [4.78, 5) is 0. The van der Waals surface area contributed by atoms with Gasteiger partial charge in [0.2, 0.25) is 0 Å². The summed E-state index contributed by atoms with van der Waals surface area (Å²) in [6.45, 7) is 0. The smallest absolute Gasteiger partial charge is 0.123 e. The molecule has 4 heteroatoms. The van der Waals surface area contributed by atoms with Crippen LogP contribution < -0.4 is 4.74 Å². The highest BCUT2D eigenvalue weighted by molar-refractivity contribution is 9.09. The highest BCUT2D eigenvalue weighted by Gasteiger charge is 2.25. The van der Waals surface area contributed by atoms with E-state index in [1.807, 2.05) is 0 Å². The van der Waals surface area contributed by atoms with Crippen molar-refractivity contribution < 1.29 is 9.13 Å². The van der Waals surface area contributed by atoms with Gasteiger partial charge in [-0.05, 0) is 30.5 Å². The van der Waals surface area contributed by atoms with Crippen molar-refractivity contribution in [2.45, 2.75) is 18.9 Å². The quantitative estimate of drug-likeness (QED) is 0.747. The third kappa shape index (κ3) is 2.77. The Morgan fingerprint density at radius 3 is 2.81 bits per heavy atom. The Labute approximate surface area is 112 Å². The zero-order valence-electron chi connectivity index (χ0n) is 8.76. The number of rotatable bonds is 4. The molecule has 0 spiro atoms. The lowest BCUT2D eigenvalue weighted by atomic mass is 10.0. The molecule has 2 rings (SSSR count). The first-order valence-electron chi connectivity index (χ1n) is 5.30. The summed E-state index contributed by atoms with van der Waals surface area (Å²) >= 11 is 6.97. The average molecular weight is 352 g/mol. The Bertz CT molecular complexity index is 366. The van der Waals surface area contributed by atoms with Crippen molar-refractivity contribution in [2.75, 3.05) is 10.7 Å². The van der Waals surface area contributed by atoms with Crippen molar-refractivity contribution in [3.8, 4) is 5.75 Å². The van der Waals surface area contributed by atoms with E-state index in [-0.39, 0.29) is 11.9 Å². The van der Waals surface area contributed by atoms with Crippen LogP contribution in [0.4, 0.5) is 4.39 Å². The zero-order valence-corrected chi connectivity index (χ0v) is 11.9. The minimum atomic E-state index is -0.180. The van der Waals surface area contributed by atoms with Crippen LogP contribution in [0.15, 0.2) is 18.2 Å². The van der Waals surface area contributed by atoms with Gasteiger partial charge in [-0.2, -0.15) is 0 Å². The van der Waals surface area contributed by atoms with Gasteiger partial charge >= 0.3 is 0 Å². The van der Waals surface area contributed by atoms with Crippen molar-refractivity contribution >= 4 is 31.9 Å². The number of benzene rings is 1. The van der Waals surface area contributed by atoms with E-state index in [0.29, 0.717) is 5.92 Å². The second kappa shape index (κ2) is 5.50. The van der Waals surface area contributed by atoms with E-state index in [1.54, 1.807) is 12.1 Å². The molecule has 16 heavy (non-hydrogen) atoms. The highest BCUT2D eigenvalue weighted by Crippen LogP contribution is 2.32. The topological polar surface area (TPSA) is 9.23 Å². The van der Waals surface area contributed by atoms with Crippen LogP contribution in [0.3, 0.4) is 0 Å². The molecule has 1 aliphatic rings. The van der Waals surface area contributed by atoms with Gasteiger partial charge in [0, 0.05) is 22.6 Å². The fraction of sp³-hybridized carbons (Fsp3) is 0.500. The second-order valence-corrected chi connectivity index (χ2v) is 5.40. The standard InChI is InChI=1S/C12H13Br2FO/c13-6-8(7-14)3-11-5-9-4-10(15)1-2-12(9)16-11/h1-2,4,8,11H,3,5-7H2. The Kier molecular flexibility index (Phi) is 4.25. The molecule has 0 aromatic heterocycles. The van der Waals surface area contributed by atoms with Gasteiger partial charge in [-0.25, -0.2) is 4.39 Å². The predicted octanol–water partition coefficient (Wildman–Crippen LogP) is 3.93. The van der Waals surface area contributed by atoms with Crippen molar-refractivity contribution in [2.24, 2.45) is 5.92 Å². The van der Waals surface area contributed by atoms with Gasteiger partial charge < -0.3 is 4.74 Å². The number of hydrogen-bond donors (Lipinski definition) is 0. The van der Waals surface area contributed by atoms with Crippen molar-refractivity contribution in [1.82, 2.24) is 0 Å². The molecule has 0 bridgehead atoms. The first-order valence-corrected chi connectivity index (χ1v) is 7.54. The van der Waals surface area contributed by atoms with Gasteiger partial charge in [0.1, 0.15) is 17.7 Å². The SMILES string of the molecule is Fc1ccc2c(c1)CC(CC(CBr)CBr)O2. The van der Waals surface area contributed by atoms with E-state index in [1.165, 1.54) is 6.07 Å². The Morgan fingerprint density at radius 1 is 1.38 bits per heavy atom. The summed E-state index contributed by atoms with van der Waals surface area (Å²) in [7, 11) is 0. The highest BCUT2D eigenvalue weighted by atomic mass is 79.9. The van der Waals surface area contributed by atoms with Crippen LogP contribution in [-0.2, 0) is 6.42 Å². The molecule has 0 N–H and O–H groups in total. The van der Waals surface area contributed by atoms with Crippen LogP contribution in [0.25, 0.3) is 0 Å². The van der Waals surface area contributed by atoms with Crippen LogP contribution in [0.5, 0.6) is 5.75 Å². The summed E-state index contributed by atoms with van der Waals surface area (Å²) in [5.74, 6) is 1.22. The molecule has 1 aromatic rings. The molecule has 0 amide bonds. The molecule has 1 heterocycles. The lowest BCUT2D eigenvalue weighted by Gasteiger charge is -2.16. The van der Waals surface area contributed by atoms with Crippen molar-refractivity contribution in [3.63, 3.8) is 0 Å². The van der Waals surface area contributed by atoms with Crippen LogP contribution >= 0.6 is 31.9 Å². The van der Waals surface area contributed by atoms with Gasteiger partial charge in [-0.3, -0.25) is 0 Å². The molecule has 0 saturated heterocycles. The number of hydrogen-bond acceptors (Lipinski definition) is 1. The van der Waals surface area contributed by atoms with Crippen LogP contribution in [0, 0.1) is 11.7 Å². The summed E-state index contributed by atoms with van der Waals surface area (Å²) in [5.41, 5.74) is 0.993. The van der Waals surface area contributed by atoms with Crippen LogP contribution in [0.1, 0.15) is 12.0 Å². The van der Waals surface area contributed by atoms with Crippen molar-refractivity contribution in [1.29, 1.82) is 0 Å². The monoisotopic (exact) mass is 350 g/mol. The molecule has 0 saturated carbocycles. The number of halogens is 3. The largest absolute Gasteiger partial charge is 0.490 e. The Hall–Kier alpha value is -0.0900. The van der Waals surface area contributed by atoms with E-state index >= 15 is 0 Å². The molecule has 0 radical (unpaired) electrons. The molecule has 0 fully saturated rings. The average Bonchev–Trinajstić information content (AvgIpc) is 2.67. The van der Waals surface area contributed by atoms with Crippen LogP contribution in [-0.4, -0.2) is 16.8 Å². The van der Waals surface area contributed by atoms with Gasteiger partial charge in [0.15, 0.2) is 0 Å². The van der Waals surface area contributed by atoms with E-state index in [2.05, 4.69) is 31.9 Å². The van der Waals surface area contributed by atoms with E-state index in [0.717, 1.165) is 34.8 Å². The van der Waals surface area contributed by atoms with Gasteiger partial charge in [0.25, 0.3) is 0 Å². The Balaban J connectivity index is 2.00. The van der Waals surface area contributed by atoms with Crippen molar-refractivity contribution in [3.05, 3.63) is 29.6 Å². The maximum Gasteiger partial charge on any atom is 0.123 e. The normalized spacial score (nSPS) is 18.6. The molecule has 1 aromatic carbocycles. The molecular weight excluding hydrogens is 339 g/mol. The third-order valence-electron chi connectivity index (χ3n) is 2.80. The third-order valence-corrected chi connectivity index (χ3v) is 4.63. The lowest BCUT2D eigenvalue weighted by Crippen LogP contribution is -2.19. The Morgan fingerprint density at radius 2 is 2.12 bits per heavy atom. The first kappa shape index (κ1) is 12.4. The molecule has 1 aliphatic heterocycles. The molecule has 1 nitrogen and oxygen atoms in total. The molecular formula is C12H13Br2FO. The van der Waals surface area contributed by atoms with Gasteiger partial charge in [-0.15, -0.1) is 0 Å². The first-order chi connectivity index (χ1) is 7.72. The molecule has 1 unspecified atom stereocenters. The predicted molar refractivity (Wildman–Crippen MR) is 70.2 cm³/mol. The van der Waals surface area contributed by atoms with E-state index in [9.17, 15) is 4.39 Å². The number of fused-ring (bicyclic) bond motifs is 1. The summed E-state index contributed by atoms with van der Waals surface area (Å²) in [6, 6.07) is 4.75. The van der Waals surface area contributed by atoms with Crippen LogP contribution in [0.2, 0.25) is 0 Å². The van der Waals surface area contributed by atoms with E-state index < -0.39 is 0 Å². The molecule has 1 atom stereocenters. The minimum absolute atomic E-state index is 0.180. The van der Waals surface area contributed by atoms with Gasteiger partial charge in [-0.1, -0.05) is 31.9 Å². The fourth-order valence-corrected chi connectivity index (χ4v) is 3.56. The molecule has 0 aliphatic carbocycles. The maximum absolute atomic E-state index is 13.0. The molecule has 88 valence electrons. The number of ether oxygens (including phenoxy) is 1. The summed E-state index contributed by atoms with van der Waals surface area (Å²) in [6.07, 6.45) is 2.01.